The monoisotopic (exact) mass is 436 g/mol. The van der Waals surface area contributed by atoms with Crippen molar-refractivity contribution in [3.63, 3.8) is 0 Å². The number of amides is 2. The van der Waals surface area contributed by atoms with Crippen LogP contribution in [0.2, 0.25) is 10.0 Å². The number of nitrogens with one attached hydrogen (secondary N) is 1. The fraction of sp³-hybridized carbons (Fsp3) is 0.364. The van der Waals surface area contributed by atoms with Crippen molar-refractivity contribution in [1.29, 1.82) is 0 Å². The highest BCUT2D eigenvalue weighted by molar-refractivity contribution is 6.36. The minimum Gasteiger partial charge on any atom is -0.484 e. The van der Waals surface area contributed by atoms with Crippen molar-refractivity contribution in [3.05, 3.63) is 63.6 Å². The van der Waals surface area contributed by atoms with Crippen LogP contribution < -0.4 is 10.1 Å². The van der Waals surface area contributed by atoms with Crippen LogP contribution in [0.25, 0.3) is 0 Å². The lowest BCUT2D eigenvalue weighted by atomic mass is 10.0. The number of carbonyl (C=O) groups excluding carboxylic acids is 2. The van der Waals surface area contributed by atoms with E-state index in [4.69, 9.17) is 27.9 Å². The molecule has 0 aliphatic rings. The van der Waals surface area contributed by atoms with Crippen LogP contribution in [0.15, 0.2) is 42.5 Å². The fourth-order valence-electron chi connectivity index (χ4n) is 2.82. The van der Waals surface area contributed by atoms with Gasteiger partial charge in [0.2, 0.25) is 5.91 Å². The summed E-state index contributed by atoms with van der Waals surface area (Å²) >= 11 is 12.5. The highest BCUT2D eigenvalue weighted by Crippen LogP contribution is 2.26. The van der Waals surface area contributed by atoms with Gasteiger partial charge in [-0.15, -0.1) is 0 Å². The van der Waals surface area contributed by atoms with Gasteiger partial charge in [0.05, 0.1) is 0 Å². The van der Waals surface area contributed by atoms with Crippen LogP contribution in [0, 0.1) is 0 Å². The fourth-order valence-corrected chi connectivity index (χ4v) is 3.34. The van der Waals surface area contributed by atoms with Crippen molar-refractivity contribution in [2.24, 2.45) is 0 Å². The van der Waals surface area contributed by atoms with Crippen LogP contribution in [0.5, 0.6) is 5.75 Å². The molecule has 2 aromatic carbocycles. The number of rotatable bonds is 8. The molecule has 2 aromatic rings. The van der Waals surface area contributed by atoms with E-state index >= 15 is 0 Å². The molecular formula is C22H26Cl2N2O3. The Morgan fingerprint density at radius 1 is 1.03 bits per heavy atom. The molecule has 0 saturated heterocycles. The first-order chi connectivity index (χ1) is 13.7. The van der Waals surface area contributed by atoms with Gasteiger partial charge >= 0.3 is 0 Å². The lowest BCUT2D eigenvalue weighted by Gasteiger charge is -2.29. The highest BCUT2D eigenvalue weighted by Gasteiger charge is 2.27. The van der Waals surface area contributed by atoms with Gasteiger partial charge in [-0.05, 0) is 42.7 Å². The molecule has 29 heavy (non-hydrogen) atoms. The van der Waals surface area contributed by atoms with E-state index in [-0.39, 0.29) is 25.0 Å². The Morgan fingerprint density at radius 2 is 1.62 bits per heavy atom. The predicted molar refractivity (Wildman–Crippen MR) is 117 cm³/mol. The van der Waals surface area contributed by atoms with E-state index in [9.17, 15) is 9.59 Å². The second-order valence-corrected chi connectivity index (χ2v) is 7.84. The van der Waals surface area contributed by atoms with Gasteiger partial charge in [0.1, 0.15) is 11.8 Å². The third kappa shape index (κ3) is 6.12. The molecule has 0 aliphatic carbocycles. The number of hydrogen-bond donors (Lipinski definition) is 1. The van der Waals surface area contributed by atoms with E-state index in [0.717, 1.165) is 0 Å². The summed E-state index contributed by atoms with van der Waals surface area (Å²) in [5.74, 6) is 0.369. The summed E-state index contributed by atoms with van der Waals surface area (Å²) in [6.45, 7) is 5.76. The zero-order valence-corrected chi connectivity index (χ0v) is 18.6. The minimum absolute atomic E-state index is 0.0988. The maximum absolute atomic E-state index is 12.9. The molecule has 1 atom stereocenters. The van der Waals surface area contributed by atoms with E-state index < -0.39 is 6.04 Å². The molecule has 0 spiro atoms. The molecule has 156 valence electrons. The first-order valence-electron chi connectivity index (χ1n) is 9.41. The van der Waals surface area contributed by atoms with Crippen molar-refractivity contribution in [2.45, 2.75) is 39.3 Å². The molecule has 5 nitrogen and oxygen atoms in total. The van der Waals surface area contributed by atoms with E-state index in [2.05, 4.69) is 19.2 Å². The number of carbonyl (C=O) groups is 2. The Bertz CT molecular complexity index is 833. The molecule has 0 aromatic heterocycles. The maximum atomic E-state index is 12.9. The Labute approximate surface area is 181 Å². The number of likely N-dealkylation sites (N-methyl/N-ethyl adjacent to an activating group) is 1. The third-order valence-electron chi connectivity index (χ3n) is 4.71. The normalized spacial score (nSPS) is 11.8. The maximum Gasteiger partial charge on any atom is 0.261 e. The van der Waals surface area contributed by atoms with E-state index in [1.54, 1.807) is 25.1 Å². The van der Waals surface area contributed by atoms with Crippen LogP contribution in [0.1, 0.15) is 37.8 Å². The molecule has 2 amide bonds. The van der Waals surface area contributed by atoms with Gasteiger partial charge in [0.15, 0.2) is 6.61 Å². The van der Waals surface area contributed by atoms with Gasteiger partial charge < -0.3 is 15.0 Å². The zero-order chi connectivity index (χ0) is 21.6. The summed E-state index contributed by atoms with van der Waals surface area (Å²) in [7, 11) is 1.52. The van der Waals surface area contributed by atoms with Gasteiger partial charge in [-0.1, -0.05) is 55.2 Å². The minimum atomic E-state index is -0.716. The number of hydrogen-bond acceptors (Lipinski definition) is 3. The molecule has 7 heteroatoms. The van der Waals surface area contributed by atoms with Crippen molar-refractivity contribution < 1.29 is 14.3 Å². The molecule has 0 bridgehead atoms. The van der Waals surface area contributed by atoms with Gasteiger partial charge in [-0.2, -0.15) is 0 Å². The van der Waals surface area contributed by atoms with Crippen molar-refractivity contribution in [3.8, 4) is 5.75 Å². The lowest BCUT2D eigenvalue weighted by Crippen LogP contribution is -2.48. The molecular weight excluding hydrogens is 411 g/mol. The van der Waals surface area contributed by atoms with Crippen LogP contribution in [-0.2, 0) is 16.1 Å². The standard InChI is InChI=1S/C22H26Cl2N2O3/c1-14(2)16-8-10-17(11-9-16)29-13-21(27)26(15(3)22(28)25-4)12-18-19(23)6-5-7-20(18)24/h5-11,14-15H,12-13H2,1-4H3,(H,25,28). The third-order valence-corrected chi connectivity index (χ3v) is 5.42. The van der Waals surface area contributed by atoms with Crippen LogP contribution in [0.3, 0.4) is 0 Å². The number of nitrogens with zero attached hydrogens (tertiary/aromatic N) is 1. The van der Waals surface area contributed by atoms with Crippen molar-refractivity contribution in [1.82, 2.24) is 10.2 Å². The molecule has 1 N–H and O–H groups in total. The second-order valence-electron chi connectivity index (χ2n) is 7.02. The predicted octanol–water partition coefficient (Wildman–Crippen LogP) is 4.66. The van der Waals surface area contributed by atoms with Crippen LogP contribution >= 0.6 is 23.2 Å². The Morgan fingerprint density at radius 3 is 2.14 bits per heavy atom. The first kappa shape index (κ1) is 23.0. The summed E-state index contributed by atoms with van der Waals surface area (Å²) in [5, 5.41) is 3.44. The molecule has 0 fully saturated rings. The number of benzene rings is 2. The van der Waals surface area contributed by atoms with Crippen LogP contribution in [0.4, 0.5) is 0 Å². The smallest absolute Gasteiger partial charge is 0.261 e. The average Bonchev–Trinajstić information content (AvgIpc) is 2.71. The van der Waals surface area contributed by atoms with Gasteiger partial charge in [-0.3, -0.25) is 9.59 Å². The lowest BCUT2D eigenvalue weighted by molar-refractivity contribution is -0.142. The van der Waals surface area contributed by atoms with Crippen molar-refractivity contribution in [2.75, 3.05) is 13.7 Å². The van der Waals surface area contributed by atoms with Gasteiger partial charge in [-0.25, -0.2) is 0 Å². The molecule has 0 heterocycles. The number of ether oxygens (including phenoxy) is 1. The van der Waals surface area contributed by atoms with Gasteiger partial charge in [0, 0.05) is 29.2 Å². The van der Waals surface area contributed by atoms with Crippen molar-refractivity contribution >= 4 is 35.0 Å². The van der Waals surface area contributed by atoms with Crippen LogP contribution in [-0.4, -0.2) is 36.4 Å². The molecule has 0 radical (unpaired) electrons. The highest BCUT2D eigenvalue weighted by atomic mass is 35.5. The second kappa shape index (κ2) is 10.5. The zero-order valence-electron chi connectivity index (χ0n) is 17.0. The van der Waals surface area contributed by atoms with E-state index in [1.807, 2.05) is 24.3 Å². The summed E-state index contributed by atoms with van der Waals surface area (Å²) in [4.78, 5) is 26.5. The molecule has 2 rings (SSSR count). The van der Waals surface area contributed by atoms with E-state index in [0.29, 0.717) is 27.3 Å². The topological polar surface area (TPSA) is 58.6 Å². The largest absolute Gasteiger partial charge is 0.484 e. The van der Waals surface area contributed by atoms with Gasteiger partial charge in [0.25, 0.3) is 5.91 Å². The summed E-state index contributed by atoms with van der Waals surface area (Å²) in [5.41, 5.74) is 1.77. The Hall–Kier alpha value is -2.24. The Balaban J connectivity index is 2.17. The number of halogens is 2. The summed E-state index contributed by atoms with van der Waals surface area (Å²) in [6.07, 6.45) is 0. The molecule has 0 saturated carbocycles. The summed E-state index contributed by atoms with van der Waals surface area (Å²) in [6, 6.07) is 12.0. The average molecular weight is 437 g/mol. The quantitative estimate of drug-likeness (QED) is 0.654. The first-order valence-corrected chi connectivity index (χ1v) is 10.2. The SMILES string of the molecule is CNC(=O)C(C)N(Cc1c(Cl)cccc1Cl)C(=O)COc1ccc(C(C)C)cc1. The summed E-state index contributed by atoms with van der Waals surface area (Å²) < 4.78 is 5.66. The molecule has 1 unspecified atom stereocenters. The molecule has 0 aliphatic heterocycles. The van der Waals surface area contributed by atoms with E-state index in [1.165, 1.54) is 17.5 Å². The Kier molecular flexibility index (Phi) is 8.35.